The van der Waals surface area contributed by atoms with Gasteiger partial charge in [-0.05, 0) is 11.4 Å². The monoisotopic (exact) mass is 350 g/mol. The number of thiophene rings is 1. The third kappa shape index (κ3) is 8.83. The Morgan fingerprint density at radius 1 is 1.36 bits per heavy atom. The predicted molar refractivity (Wildman–Crippen MR) is 89.4 cm³/mol. The number of carbonyl (C=O) groups is 2. The Bertz CT molecular complexity index is 431. The molecule has 0 saturated carbocycles. The van der Waals surface area contributed by atoms with Gasteiger partial charge in [0.05, 0.1) is 19.1 Å². The standard InChI is InChI=1S/C13H22N4O3S.ClH/c1-20-7-6-15-4-5-16-12(18)9-10(17-13(14)19)11-3-2-8-21-11;/h2-3,8,10,15H,4-7,9H2,1H3,(H,16,18)(H3,14,17,19);1H. The van der Waals surface area contributed by atoms with Gasteiger partial charge >= 0.3 is 6.03 Å². The number of urea groups is 1. The Labute approximate surface area is 140 Å². The highest BCUT2D eigenvalue weighted by molar-refractivity contribution is 7.10. The van der Waals surface area contributed by atoms with Crippen molar-refractivity contribution in [3.05, 3.63) is 22.4 Å². The van der Waals surface area contributed by atoms with Crippen molar-refractivity contribution in [3.63, 3.8) is 0 Å². The van der Waals surface area contributed by atoms with Gasteiger partial charge in [0.1, 0.15) is 0 Å². The summed E-state index contributed by atoms with van der Waals surface area (Å²) < 4.78 is 4.90. The number of nitrogens with two attached hydrogens (primary N) is 1. The van der Waals surface area contributed by atoms with Crippen molar-refractivity contribution in [1.29, 1.82) is 0 Å². The maximum absolute atomic E-state index is 11.9. The molecular formula is C13H23ClN4O3S. The fourth-order valence-corrected chi connectivity index (χ4v) is 2.51. The molecule has 0 aliphatic heterocycles. The van der Waals surface area contributed by atoms with Crippen molar-refractivity contribution in [2.24, 2.45) is 5.73 Å². The Morgan fingerprint density at radius 2 is 2.14 bits per heavy atom. The van der Waals surface area contributed by atoms with Crippen LogP contribution in [-0.2, 0) is 9.53 Å². The number of halogens is 1. The number of carbonyl (C=O) groups excluding carboxylic acids is 2. The number of amides is 3. The van der Waals surface area contributed by atoms with Gasteiger partial charge in [-0.15, -0.1) is 23.7 Å². The second-order valence-electron chi connectivity index (χ2n) is 4.37. The highest BCUT2D eigenvalue weighted by Crippen LogP contribution is 2.21. The van der Waals surface area contributed by atoms with Gasteiger partial charge in [0.25, 0.3) is 0 Å². The van der Waals surface area contributed by atoms with Gasteiger partial charge in [-0.25, -0.2) is 4.79 Å². The average Bonchev–Trinajstić information content (AvgIpc) is 2.95. The van der Waals surface area contributed by atoms with Crippen LogP contribution in [0.15, 0.2) is 17.5 Å². The zero-order valence-corrected chi connectivity index (χ0v) is 14.1. The lowest BCUT2D eigenvalue weighted by molar-refractivity contribution is -0.121. The van der Waals surface area contributed by atoms with E-state index in [2.05, 4.69) is 16.0 Å². The molecule has 1 atom stereocenters. The van der Waals surface area contributed by atoms with Crippen molar-refractivity contribution in [3.8, 4) is 0 Å². The van der Waals surface area contributed by atoms with Crippen molar-refractivity contribution < 1.29 is 14.3 Å². The lowest BCUT2D eigenvalue weighted by Crippen LogP contribution is -2.38. The highest BCUT2D eigenvalue weighted by Gasteiger charge is 2.17. The lowest BCUT2D eigenvalue weighted by atomic mass is 10.1. The topological polar surface area (TPSA) is 105 Å². The van der Waals surface area contributed by atoms with E-state index in [9.17, 15) is 9.59 Å². The normalized spacial score (nSPS) is 11.3. The number of hydrogen-bond donors (Lipinski definition) is 4. The first-order valence-electron chi connectivity index (χ1n) is 6.69. The third-order valence-corrected chi connectivity index (χ3v) is 3.69. The fraction of sp³-hybridized carbons (Fsp3) is 0.538. The van der Waals surface area contributed by atoms with Gasteiger partial charge in [0.2, 0.25) is 5.91 Å². The second-order valence-corrected chi connectivity index (χ2v) is 5.35. The van der Waals surface area contributed by atoms with Crippen molar-refractivity contribution >= 4 is 35.7 Å². The van der Waals surface area contributed by atoms with Crippen LogP contribution in [0.25, 0.3) is 0 Å². The summed E-state index contributed by atoms with van der Waals surface area (Å²) in [7, 11) is 1.64. The molecule has 1 rings (SSSR count). The van der Waals surface area contributed by atoms with Crippen LogP contribution >= 0.6 is 23.7 Å². The summed E-state index contributed by atoms with van der Waals surface area (Å²) in [6.45, 7) is 2.57. The van der Waals surface area contributed by atoms with E-state index >= 15 is 0 Å². The van der Waals surface area contributed by atoms with E-state index in [1.807, 2.05) is 17.5 Å². The quantitative estimate of drug-likeness (QED) is 0.464. The maximum Gasteiger partial charge on any atom is 0.312 e. The van der Waals surface area contributed by atoms with E-state index in [0.29, 0.717) is 19.7 Å². The highest BCUT2D eigenvalue weighted by atomic mass is 35.5. The molecule has 1 heterocycles. The van der Waals surface area contributed by atoms with Crippen LogP contribution in [0.3, 0.4) is 0 Å². The predicted octanol–water partition coefficient (Wildman–Crippen LogP) is 0.622. The van der Waals surface area contributed by atoms with Gasteiger partial charge in [-0.2, -0.15) is 0 Å². The van der Waals surface area contributed by atoms with Gasteiger partial charge in [-0.1, -0.05) is 6.07 Å². The Balaban J connectivity index is 0.00000441. The summed E-state index contributed by atoms with van der Waals surface area (Å²) in [6, 6.07) is 2.71. The number of nitrogens with one attached hydrogen (secondary N) is 3. The zero-order valence-electron chi connectivity index (χ0n) is 12.5. The van der Waals surface area contributed by atoms with E-state index in [1.165, 1.54) is 11.3 Å². The summed E-state index contributed by atoms with van der Waals surface area (Å²) in [5.41, 5.74) is 5.14. The van der Waals surface area contributed by atoms with E-state index in [-0.39, 0.29) is 30.8 Å². The molecule has 0 saturated heterocycles. The van der Waals surface area contributed by atoms with Gasteiger partial charge in [-0.3, -0.25) is 4.79 Å². The molecule has 22 heavy (non-hydrogen) atoms. The summed E-state index contributed by atoms with van der Waals surface area (Å²) in [4.78, 5) is 23.8. The number of methoxy groups -OCH3 is 1. The molecular weight excluding hydrogens is 328 g/mol. The summed E-state index contributed by atoms with van der Waals surface area (Å²) in [5.74, 6) is -0.129. The number of rotatable bonds is 10. The first kappa shape index (κ1) is 20.6. The van der Waals surface area contributed by atoms with Crippen molar-refractivity contribution in [2.45, 2.75) is 12.5 Å². The molecule has 0 aliphatic rings. The molecule has 7 nitrogen and oxygen atoms in total. The maximum atomic E-state index is 11.9. The van der Waals surface area contributed by atoms with Crippen LogP contribution in [0, 0.1) is 0 Å². The first-order valence-corrected chi connectivity index (χ1v) is 7.57. The molecule has 0 aromatic carbocycles. The van der Waals surface area contributed by atoms with Gasteiger partial charge in [0, 0.05) is 31.6 Å². The van der Waals surface area contributed by atoms with E-state index < -0.39 is 6.03 Å². The molecule has 3 amide bonds. The van der Waals surface area contributed by atoms with Crippen LogP contribution in [-0.4, -0.2) is 45.3 Å². The second kappa shape index (κ2) is 12.2. The minimum atomic E-state index is -0.637. The van der Waals surface area contributed by atoms with Gasteiger partial charge in [0.15, 0.2) is 0 Å². The SMILES string of the molecule is COCCNCCNC(=O)CC(NC(N)=O)c1cccs1.Cl. The number of primary amides is 1. The smallest absolute Gasteiger partial charge is 0.312 e. The Morgan fingerprint density at radius 3 is 2.73 bits per heavy atom. The molecule has 1 aromatic rings. The Kier molecular flexibility index (Phi) is 11.5. The average molecular weight is 351 g/mol. The molecule has 0 bridgehead atoms. The van der Waals surface area contributed by atoms with Crippen molar-refractivity contribution in [1.82, 2.24) is 16.0 Å². The molecule has 9 heteroatoms. The fourth-order valence-electron chi connectivity index (χ4n) is 1.73. The molecule has 5 N–H and O–H groups in total. The molecule has 1 unspecified atom stereocenters. The minimum Gasteiger partial charge on any atom is -0.383 e. The largest absolute Gasteiger partial charge is 0.383 e. The lowest BCUT2D eigenvalue weighted by Gasteiger charge is -2.16. The first-order chi connectivity index (χ1) is 10.1. The number of hydrogen-bond acceptors (Lipinski definition) is 5. The molecule has 0 radical (unpaired) electrons. The molecule has 126 valence electrons. The third-order valence-electron chi connectivity index (χ3n) is 2.70. The van der Waals surface area contributed by atoms with Crippen molar-refractivity contribution in [2.75, 3.05) is 33.4 Å². The summed E-state index contributed by atoms with van der Waals surface area (Å²) in [6.07, 6.45) is 0.168. The van der Waals surface area contributed by atoms with Crippen LogP contribution in [0.4, 0.5) is 4.79 Å². The summed E-state index contributed by atoms with van der Waals surface area (Å²) in [5, 5.41) is 10.4. The molecule has 0 fully saturated rings. The Hall–Kier alpha value is -1.35. The summed E-state index contributed by atoms with van der Waals surface area (Å²) >= 11 is 1.48. The minimum absolute atomic E-state index is 0. The van der Waals surface area contributed by atoms with E-state index in [4.69, 9.17) is 10.5 Å². The molecule has 1 aromatic heterocycles. The van der Waals surface area contributed by atoms with E-state index in [0.717, 1.165) is 11.4 Å². The molecule has 0 spiro atoms. The van der Waals surface area contributed by atoms with Crippen LogP contribution in [0.2, 0.25) is 0 Å². The number of ether oxygens (including phenoxy) is 1. The molecule has 0 aliphatic carbocycles. The van der Waals surface area contributed by atoms with Crippen LogP contribution < -0.4 is 21.7 Å². The van der Waals surface area contributed by atoms with Crippen LogP contribution in [0.1, 0.15) is 17.3 Å². The zero-order chi connectivity index (χ0) is 15.5. The van der Waals surface area contributed by atoms with Gasteiger partial charge < -0.3 is 26.4 Å². The van der Waals surface area contributed by atoms with Crippen LogP contribution in [0.5, 0.6) is 0 Å². The van der Waals surface area contributed by atoms with E-state index in [1.54, 1.807) is 7.11 Å².